The molecule has 0 spiro atoms. The van der Waals surface area contributed by atoms with Crippen molar-refractivity contribution in [2.24, 2.45) is 0 Å². The monoisotopic (exact) mass is 148 g/mol. The Morgan fingerprint density at radius 2 is 2.36 bits per heavy atom. The van der Waals surface area contributed by atoms with Crippen molar-refractivity contribution in [3.8, 4) is 0 Å². The first-order chi connectivity index (χ1) is 5.47. The smallest absolute Gasteiger partial charge is 0.0546 e. The molecule has 1 aliphatic heterocycles. The van der Waals surface area contributed by atoms with Crippen LogP contribution in [0.25, 0.3) is 0 Å². The molecular weight excluding hydrogens is 136 g/mol. The first-order valence-electron chi connectivity index (χ1n) is 3.99. The van der Waals surface area contributed by atoms with E-state index in [0.717, 1.165) is 13.1 Å². The third-order valence-corrected chi connectivity index (χ3v) is 2.00. The van der Waals surface area contributed by atoms with Crippen molar-refractivity contribution in [2.75, 3.05) is 18.0 Å². The van der Waals surface area contributed by atoms with Gasteiger partial charge in [0, 0.05) is 25.5 Å². The molecule has 2 heterocycles. The van der Waals surface area contributed by atoms with Crippen molar-refractivity contribution in [1.29, 1.82) is 0 Å². The van der Waals surface area contributed by atoms with Crippen LogP contribution in [0.2, 0.25) is 0 Å². The minimum atomic E-state index is 1.05. The summed E-state index contributed by atoms with van der Waals surface area (Å²) in [7, 11) is 0. The van der Waals surface area contributed by atoms with Crippen molar-refractivity contribution in [3.05, 3.63) is 30.6 Å². The summed E-state index contributed by atoms with van der Waals surface area (Å²) in [6.07, 6.45) is 9.64. The third kappa shape index (κ3) is 1.29. The molecule has 0 radical (unpaired) electrons. The standard InChI is InChI=1S/C9H12N2/c1-2-6-11(7-3-1)9-4-5-10-8-9/h1-2,4-5,8,10H,3,6-7H2. The highest BCUT2D eigenvalue weighted by Gasteiger charge is 2.05. The van der Waals surface area contributed by atoms with Crippen molar-refractivity contribution in [2.45, 2.75) is 6.42 Å². The first kappa shape index (κ1) is 6.53. The predicted molar refractivity (Wildman–Crippen MR) is 46.8 cm³/mol. The largest absolute Gasteiger partial charge is 0.366 e. The second kappa shape index (κ2) is 2.82. The van der Waals surface area contributed by atoms with E-state index in [2.05, 4.69) is 28.1 Å². The molecule has 0 atom stereocenters. The molecule has 1 aromatic heterocycles. The van der Waals surface area contributed by atoms with Gasteiger partial charge in [0.1, 0.15) is 0 Å². The van der Waals surface area contributed by atoms with E-state index in [1.54, 1.807) is 0 Å². The molecule has 0 amide bonds. The van der Waals surface area contributed by atoms with Crippen LogP contribution < -0.4 is 4.90 Å². The van der Waals surface area contributed by atoms with Gasteiger partial charge in [-0.2, -0.15) is 0 Å². The Labute approximate surface area is 66.5 Å². The highest BCUT2D eigenvalue weighted by molar-refractivity contribution is 5.45. The van der Waals surface area contributed by atoms with E-state index >= 15 is 0 Å². The lowest BCUT2D eigenvalue weighted by Crippen LogP contribution is -2.26. The van der Waals surface area contributed by atoms with Gasteiger partial charge in [-0.05, 0) is 12.5 Å². The minimum Gasteiger partial charge on any atom is -0.366 e. The maximum absolute atomic E-state index is 3.06. The molecular formula is C9H12N2. The van der Waals surface area contributed by atoms with Gasteiger partial charge in [0.15, 0.2) is 0 Å². The average Bonchev–Trinajstić information content (AvgIpc) is 2.58. The minimum absolute atomic E-state index is 1.05. The number of rotatable bonds is 1. The number of hydrogen-bond donors (Lipinski definition) is 1. The molecule has 0 bridgehead atoms. The van der Waals surface area contributed by atoms with Crippen LogP contribution in [0.4, 0.5) is 5.69 Å². The van der Waals surface area contributed by atoms with Crippen LogP contribution in [0.3, 0.4) is 0 Å². The number of aromatic nitrogens is 1. The van der Waals surface area contributed by atoms with E-state index in [0.29, 0.717) is 0 Å². The molecule has 0 saturated heterocycles. The van der Waals surface area contributed by atoms with E-state index in [1.165, 1.54) is 12.1 Å². The average molecular weight is 148 g/mol. The fraction of sp³-hybridized carbons (Fsp3) is 0.333. The Morgan fingerprint density at radius 1 is 1.36 bits per heavy atom. The lowest BCUT2D eigenvalue weighted by atomic mass is 10.2. The fourth-order valence-electron chi connectivity index (χ4n) is 1.39. The number of H-pyrrole nitrogens is 1. The van der Waals surface area contributed by atoms with Crippen molar-refractivity contribution in [1.82, 2.24) is 4.98 Å². The topological polar surface area (TPSA) is 19.0 Å². The van der Waals surface area contributed by atoms with Crippen LogP contribution in [-0.2, 0) is 0 Å². The lowest BCUT2D eigenvalue weighted by Gasteiger charge is -2.23. The quantitative estimate of drug-likeness (QED) is 0.601. The first-order valence-corrected chi connectivity index (χ1v) is 3.99. The van der Waals surface area contributed by atoms with Gasteiger partial charge in [-0.1, -0.05) is 12.2 Å². The molecule has 11 heavy (non-hydrogen) atoms. The molecule has 1 aliphatic rings. The van der Waals surface area contributed by atoms with Crippen LogP contribution in [-0.4, -0.2) is 18.1 Å². The van der Waals surface area contributed by atoms with E-state index < -0.39 is 0 Å². The predicted octanol–water partition coefficient (Wildman–Crippen LogP) is 1.78. The Balaban J connectivity index is 2.11. The summed E-state index contributed by atoms with van der Waals surface area (Å²) in [6, 6.07) is 2.11. The molecule has 1 N–H and O–H groups in total. The van der Waals surface area contributed by atoms with Gasteiger partial charge < -0.3 is 9.88 Å². The van der Waals surface area contributed by atoms with Gasteiger partial charge in [-0.3, -0.25) is 0 Å². The van der Waals surface area contributed by atoms with Gasteiger partial charge in [-0.25, -0.2) is 0 Å². The van der Waals surface area contributed by atoms with E-state index in [-0.39, 0.29) is 0 Å². The zero-order valence-electron chi connectivity index (χ0n) is 6.46. The number of anilines is 1. The van der Waals surface area contributed by atoms with Gasteiger partial charge in [0.2, 0.25) is 0 Å². The summed E-state index contributed by atoms with van der Waals surface area (Å²) in [5.41, 5.74) is 1.30. The Hall–Kier alpha value is -1.18. The normalized spacial score (nSPS) is 17.3. The molecule has 0 unspecified atom stereocenters. The molecule has 0 fully saturated rings. The molecule has 2 heteroatoms. The van der Waals surface area contributed by atoms with Crippen LogP contribution in [0.5, 0.6) is 0 Å². The summed E-state index contributed by atoms with van der Waals surface area (Å²) in [5.74, 6) is 0. The molecule has 1 aromatic rings. The van der Waals surface area contributed by atoms with Crippen molar-refractivity contribution in [3.63, 3.8) is 0 Å². The molecule has 0 saturated carbocycles. The zero-order valence-corrected chi connectivity index (χ0v) is 6.46. The number of nitrogens with zero attached hydrogens (tertiary/aromatic N) is 1. The Morgan fingerprint density at radius 3 is 3.00 bits per heavy atom. The molecule has 2 rings (SSSR count). The van der Waals surface area contributed by atoms with Gasteiger partial charge in [0.25, 0.3) is 0 Å². The van der Waals surface area contributed by atoms with Gasteiger partial charge in [0.05, 0.1) is 5.69 Å². The lowest BCUT2D eigenvalue weighted by molar-refractivity contribution is 0.822. The fourth-order valence-corrected chi connectivity index (χ4v) is 1.39. The SMILES string of the molecule is C1=CCN(c2cc[nH]c2)CC1. The Bertz CT molecular complexity index is 236. The summed E-state index contributed by atoms with van der Waals surface area (Å²) >= 11 is 0. The summed E-state index contributed by atoms with van der Waals surface area (Å²) in [6.45, 7) is 2.20. The summed E-state index contributed by atoms with van der Waals surface area (Å²) < 4.78 is 0. The van der Waals surface area contributed by atoms with Gasteiger partial charge in [-0.15, -0.1) is 0 Å². The molecule has 2 nitrogen and oxygen atoms in total. The van der Waals surface area contributed by atoms with Crippen LogP contribution in [0.1, 0.15) is 6.42 Å². The third-order valence-electron chi connectivity index (χ3n) is 2.00. The maximum Gasteiger partial charge on any atom is 0.0546 e. The molecule has 58 valence electrons. The van der Waals surface area contributed by atoms with Crippen LogP contribution in [0, 0.1) is 0 Å². The maximum atomic E-state index is 3.06. The number of aromatic amines is 1. The number of nitrogens with one attached hydrogen (secondary N) is 1. The van der Waals surface area contributed by atoms with Crippen molar-refractivity contribution >= 4 is 5.69 Å². The van der Waals surface area contributed by atoms with E-state index in [4.69, 9.17) is 0 Å². The van der Waals surface area contributed by atoms with Crippen LogP contribution in [0.15, 0.2) is 30.6 Å². The second-order valence-corrected chi connectivity index (χ2v) is 2.78. The summed E-state index contributed by atoms with van der Waals surface area (Å²) in [4.78, 5) is 5.42. The molecule has 0 aliphatic carbocycles. The molecule has 0 aromatic carbocycles. The van der Waals surface area contributed by atoms with Crippen molar-refractivity contribution < 1.29 is 0 Å². The number of hydrogen-bond acceptors (Lipinski definition) is 1. The highest BCUT2D eigenvalue weighted by atomic mass is 15.1. The second-order valence-electron chi connectivity index (χ2n) is 2.78. The zero-order chi connectivity index (χ0) is 7.52. The van der Waals surface area contributed by atoms with Crippen LogP contribution >= 0.6 is 0 Å². The highest BCUT2D eigenvalue weighted by Crippen LogP contribution is 2.14. The van der Waals surface area contributed by atoms with E-state index in [9.17, 15) is 0 Å². The van der Waals surface area contributed by atoms with Gasteiger partial charge >= 0.3 is 0 Å². The Kier molecular flexibility index (Phi) is 1.68. The summed E-state index contributed by atoms with van der Waals surface area (Å²) in [5, 5.41) is 0. The van der Waals surface area contributed by atoms with E-state index in [1.807, 2.05) is 12.4 Å².